The van der Waals surface area contributed by atoms with E-state index in [4.69, 9.17) is 14.7 Å². The summed E-state index contributed by atoms with van der Waals surface area (Å²) < 4.78 is 10.3. The molecule has 0 aliphatic rings. The molecule has 0 heterocycles. The summed E-state index contributed by atoms with van der Waals surface area (Å²) in [5.41, 5.74) is 0.837. The van der Waals surface area contributed by atoms with Crippen LogP contribution in [0.1, 0.15) is 18.9 Å². The summed E-state index contributed by atoms with van der Waals surface area (Å²) in [4.78, 5) is 11.7. The predicted octanol–water partition coefficient (Wildman–Crippen LogP) is 1.87. The van der Waals surface area contributed by atoms with Crippen LogP contribution in [0.15, 0.2) is 18.2 Å². The molecular formula is C14H18N2O3. The summed E-state index contributed by atoms with van der Waals surface area (Å²) in [6.45, 7) is 2.13. The van der Waals surface area contributed by atoms with Crippen LogP contribution >= 0.6 is 0 Å². The van der Waals surface area contributed by atoms with Gasteiger partial charge in [0.1, 0.15) is 17.4 Å². The molecule has 0 radical (unpaired) electrons. The van der Waals surface area contributed by atoms with Crippen molar-refractivity contribution in [3.8, 4) is 17.6 Å². The monoisotopic (exact) mass is 262 g/mol. The van der Waals surface area contributed by atoms with Crippen LogP contribution in [-0.4, -0.2) is 20.1 Å². The van der Waals surface area contributed by atoms with E-state index in [-0.39, 0.29) is 5.91 Å². The van der Waals surface area contributed by atoms with Crippen LogP contribution < -0.4 is 14.8 Å². The smallest absolute Gasteiger partial charge is 0.237 e. The fourth-order valence-corrected chi connectivity index (χ4v) is 1.64. The third-order valence-electron chi connectivity index (χ3n) is 2.83. The first-order valence-electron chi connectivity index (χ1n) is 6.04. The standard InChI is InChI=1S/C14H18N2O3/c1-4-10(8-15)14(17)16-9-11-5-6-12(18-2)7-13(11)19-3/h5-7,10H,4,9H2,1-3H3,(H,16,17). The van der Waals surface area contributed by atoms with E-state index in [1.807, 2.05) is 12.1 Å². The van der Waals surface area contributed by atoms with Gasteiger partial charge < -0.3 is 14.8 Å². The fraction of sp³-hybridized carbons (Fsp3) is 0.429. The van der Waals surface area contributed by atoms with Crippen molar-refractivity contribution < 1.29 is 14.3 Å². The van der Waals surface area contributed by atoms with Crippen molar-refractivity contribution in [3.05, 3.63) is 23.8 Å². The normalized spacial score (nSPS) is 11.3. The molecule has 19 heavy (non-hydrogen) atoms. The molecule has 0 fully saturated rings. The van der Waals surface area contributed by atoms with E-state index >= 15 is 0 Å². The third-order valence-corrected chi connectivity index (χ3v) is 2.83. The topological polar surface area (TPSA) is 71.4 Å². The Morgan fingerprint density at radius 1 is 1.42 bits per heavy atom. The minimum Gasteiger partial charge on any atom is -0.497 e. The number of nitrogens with one attached hydrogen (secondary N) is 1. The number of carbonyl (C=O) groups is 1. The van der Waals surface area contributed by atoms with Crippen LogP contribution in [0.4, 0.5) is 0 Å². The number of nitriles is 1. The fourth-order valence-electron chi connectivity index (χ4n) is 1.64. The Balaban J connectivity index is 2.73. The average molecular weight is 262 g/mol. The third kappa shape index (κ3) is 3.88. The van der Waals surface area contributed by atoms with Crippen molar-refractivity contribution in [3.63, 3.8) is 0 Å². The summed E-state index contributed by atoms with van der Waals surface area (Å²) in [6, 6.07) is 7.35. The summed E-state index contributed by atoms with van der Waals surface area (Å²) >= 11 is 0. The van der Waals surface area contributed by atoms with E-state index in [0.29, 0.717) is 24.5 Å². The first-order chi connectivity index (χ1) is 9.15. The van der Waals surface area contributed by atoms with Gasteiger partial charge in [0, 0.05) is 18.2 Å². The van der Waals surface area contributed by atoms with E-state index in [9.17, 15) is 4.79 Å². The van der Waals surface area contributed by atoms with Gasteiger partial charge >= 0.3 is 0 Å². The highest BCUT2D eigenvalue weighted by atomic mass is 16.5. The number of carbonyl (C=O) groups excluding carboxylic acids is 1. The van der Waals surface area contributed by atoms with E-state index in [1.165, 1.54) is 0 Å². The number of hydrogen-bond acceptors (Lipinski definition) is 4. The number of rotatable bonds is 6. The molecule has 1 amide bonds. The van der Waals surface area contributed by atoms with Gasteiger partial charge in [-0.25, -0.2) is 0 Å². The zero-order chi connectivity index (χ0) is 14.3. The molecule has 1 aromatic carbocycles. The maximum Gasteiger partial charge on any atom is 0.237 e. The summed E-state index contributed by atoms with van der Waals surface area (Å²) in [7, 11) is 3.14. The van der Waals surface area contributed by atoms with Crippen molar-refractivity contribution in [2.45, 2.75) is 19.9 Å². The lowest BCUT2D eigenvalue weighted by Gasteiger charge is -2.12. The van der Waals surface area contributed by atoms with Crippen LogP contribution in [0.5, 0.6) is 11.5 Å². The summed E-state index contributed by atoms with van der Waals surface area (Å²) in [5, 5.41) is 11.5. The van der Waals surface area contributed by atoms with Crippen LogP contribution in [0.3, 0.4) is 0 Å². The maximum atomic E-state index is 11.7. The highest BCUT2D eigenvalue weighted by Crippen LogP contribution is 2.24. The Morgan fingerprint density at radius 3 is 2.68 bits per heavy atom. The second-order valence-corrected chi connectivity index (χ2v) is 3.99. The van der Waals surface area contributed by atoms with E-state index in [0.717, 1.165) is 5.56 Å². The van der Waals surface area contributed by atoms with Gasteiger partial charge in [0.05, 0.1) is 20.3 Å². The lowest BCUT2D eigenvalue weighted by molar-refractivity contribution is -0.123. The van der Waals surface area contributed by atoms with Gasteiger partial charge in [-0.05, 0) is 18.6 Å². The molecule has 5 heteroatoms. The number of amides is 1. The van der Waals surface area contributed by atoms with Gasteiger partial charge in [0.2, 0.25) is 5.91 Å². The van der Waals surface area contributed by atoms with Crippen LogP contribution in [0, 0.1) is 17.2 Å². The lowest BCUT2D eigenvalue weighted by atomic mass is 10.1. The Bertz CT molecular complexity index is 480. The first-order valence-corrected chi connectivity index (χ1v) is 6.04. The van der Waals surface area contributed by atoms with Gasteiger partial charge in [-0.1, -0.05) is 6.92 Å². The van der Waals surface area contributed by atoms with Crippen LogP contribution in [-0.2, 0) is 11.3 Å². The van der Waals surface area contributed by atoms with E-state index in [2.05, 4.69) is 5.32 Å². The molecule has 1 N–H and O–H groups in total. The molecular weight excluding hydrogens is 244 g/mol. The maximum absolute atomic E-state index is 11.7. The van der Waals surface area contributed by atoms with Crippen molar-refractivity contribution >= 4 is 5.91 Å². The van der Waals surface area contributed by atoms with Crippen molar-refractivity contribution in [1.29, 1.82) is 5.26 Å². The Labute approximate surface area is 113 Å². The molecule has 0 saturated heterocycles. The number of benzene rings is 1. The highest BCUT2D eigenvalue weighted by molar-refractivity contribution is 5.81. The SMILES string of the molecule is CCC(C#N)C(=O)NCc1ccc(OC)cc1OC. The quantitative estimate of drug-likeness (QED) is 0.849. The van der Waals surface area contributed by atoms with Crippen LogP contribution in [0.25, 0.3) is 0 Å². The molecule has 5 nitrogen and oxygen atoms in total. The van der Waals surface area contributed by atoms with Gasteiger partial charge in [0.15, 0.2) is 0 Å². The largest absolute Gasteiger partial charge is 0.497 e. The van der Waals surface area contributed by atoms with Gasteiger partial charge in [0.25, 0.3) is 0 Å². The van der Waals surface area contributed by atoms with Crippen molar-refractivity contribution in [2.24, 2.45) is 5.92 Å². The predicted molar refractivity (Wildman–Crippen MR) is 70.8 cm³/mol. The molecule has 0 spiro atoms. The van der Waals surface area contributed by atoms with Crippen molar-refractivity contribution in [1.82, 2.24) is 5.32 Å². The second-order valence-electron chi connectivity index (χ2n) is 3.99. The minimum absolute atomic E-state index is 0.261. The number of hydrogen-bond donors (Lipinski definition) is 1. The molecule has 102 valence electrons. The zero-order valence-corrected chi connectivity index (χ0v) is 11.4. The molecule has 0 aliphatic heterocycles. The van der Waals surface area contributed by atoms with Gasteiger partial charge in [-0.3, -0.25) is 4.79 Å². The van der Waals surface area contributed by atoms with Crippen molar-refractivity contribution in [2.75, 3.05) is 14.2 Å². The Hall–Kier alpha value is -2.22. The van der Waals surface area contributed by atoms with Crippen LogP contribution in [0.2, 0.25) is 0 Å². The average Bonchev–Trinajstić information content (AvgIpc) is 2.46. The highest BCUT2D eigenvalue weighted by Gasteiger charge is 2.15. The van der Waals surface area contributed by atoms with E-state index in [1.54, 1.807) is 33.3 Å². The number of methoxy groups -OCH3 is 2. The molecule has 1 aromatic rings. The Morgan fingerprint density at radius 2 is 2.16 bits per heavy atom. The minimum atomic E-state index is -0.607. The number of nitrogens with zero attached hydrogens (tertiary/aromatic N) is 1. The molecule has 0 bridgehead atoms. The lowest BCUT2D eigenvalue weighted by Crippen LogP contribution is -2.29. The second kappa shape index (κ2) is 7.27. The van der Waals surface area contributed by atoms with Gasteiger partial charge in [-0.2, -0.15) is 5.26 Å². The Kier molecular flexibility index (Phi) is 5.68. The summed E-state index contributed by atoms with van der Waals surface area (Å²) in [6.07, 6.45) is 0.502. The first kappa shape index (κ1) is 14.8. The zero-order valence-electron chi connectivity index (χ0n) is 11.4. The van der Waals surface area contributed by atoms with E-state index < -0.39 is 5.92 Å². The molecule has 1 atom stereocenters. The molecule has 1 rings (SSSR count). The molecule has 0 aliphatic carbocycles. The molecule has 1 unspecified atom stereocenters. The molecule has 0 saturated carbocycles. The summed E-state index contributed by atoms with van der Waals surface area (Å²) in [5.74, 6) is 0.465. The van der Waals surface area contributed by atoms with Gasteiger partial charge in [-0.15, -0.1) is 0 Å². The molecule has 0 aromatic heterocycles. The number of ether oxygens (including phenoxy) is 2.